The molecule has 0 saturated carbocycles. The molecule has 0 spiro atoms. The van der Waals surface area contributed by atoms with Gasteiger partial charge in [-0.25, -0.2) is 0 Å². The Labute approximate surface area is 108 Å². The fourth-order valence-corrected chi connectivity index (χ4v) is 2.12. The molecule has 0 aromatic heterocycles. The molecule has 0 amide bonds. The summed E-state index contributed by atoms with van der Waals surface area (Å²) < 4.78 is 0. The van der Waals surface area contributed by atoms with Crippen LogP contribution in [0.15, 0.2) is 29.2 Å². The monoisotopic (exact) mass is 251 g/mol. The number of hydrogen-bond donors (Lipinski definition) is 0. The maximum absolute atomic E-state index is 12.1. The van der Waals surface area contributed by atoms with Gasteiger partial charge in [0.2, 0.25) is 0 Å². The lowest BCUT2D eigenvalue weighted by molar-refractivity contribution is 0.0911. The number of likely N-dealkylation sites (N-methyl/N-ethyl adjacent to an activating group) is 1. The van der Waals surface area contributed by atoms with Crippen molar-refractivity contribution in [2.75, 3.05) is 19.3 Å². The molecule has 0 unspecified atom stereocenters. The Bertz CT molecular complexity index is 359. The van der Waals surface area contributed by atoms with Crippen molar-refractivity contribution in [2.24, 2.45) is 0 Å². The van der Waals surface area contributed by atoms with Crippen LogP contribution in [-0.2, 0) is 0 Å². The minimum atomic E-state index is 0.202. The lowest BCUT2D eigenvalue weighted by atomic mass is 10.1. The van der Waals surface area contributed by atoms with Gasteiger partial charge >= 0.3 is 0 Å². The van der Waals surface area contributed by atoms with Gasteiger partial charge in [0.15, 0.2) is 5.78 Å². The zero-order valence-corrected chi connectivity index (χ0v) is 11.9. The van der Waals surface area contributed by atoms with Crippen LogP contribution in [0, 0.1) is 0 Å². The largest absolute Gasteiger partial charge is 0.294 e. The summed E-state index contributed by atoms with van der Waals surface area (Å²) in [4.78, 5) is 15.4. The number of Topliss-reactive ketones (excluding diaryl/α,β-unsaturated/α-hetero) is 1. The summed E-state index contributed by atoms with van der Waals surface area (Å²) in [5.41, 5.74) is 0.807. The van der Waals surface area contributed by atoms with Crippen molar-refractivity contribution < 1.29 is 4.79 Å². The van der Waals surface area contributed by atoms with Crippen molar-refractivity contribution in [3.63, 3.8) is 0 Å². The van der Waals surface area contributed by atoms with Crippen LogP contribution in [0.25, 0.3) is 0 Å². The third kappa shape index (κ3) is 4.17. The molecule has 1 rings (SSSR count). The molecule has 0 heterocycles. The van der Waals surface area contributed by atoms with Gasteiger partial charge in [-0.3, -0.25) is 9.69 Å². The number of thioether (sulfide) groups is 1. The first-order valence-corrected chi connectivity index (χ1v) is 7.22. The highest BCUT2D eigenvalue weighted by Gasteiger charge is 2.13. The Hall–Kier alpha value is -0.800. The van der Waals surface area contributed by atoms with Crippen LogP contribution in [-0.4, -0.2) is 36.1 Å². The summed E-state index contributed by atoms with van der Waals surface area (Å²) in [5, 5.41) is 0. The summed E-state index contributed by atoms with van der Waals surface area (Å²) in [6, 6.07) is 8.26. The Kier molecular flexibility index (Phi) is 5.72. The third-order valence-electron chi connectivity index (χ3n) is 2.90. The highest BCUT2D eigenvalue weighted by molar-refractivity contribution is 7.98. The Morgan fingerprint density at radius 1 is 1.29 bits per heavy atom. The van der Waals surface area contributed by atoms with E-state index in [1.807, 2.05) is 30.5 Å². The highest BCUT2D eigenvalue weighted by Crippen LogP contribution is 2.15. The first kappa shape index (κ1) is 14.3. The molecule has 0 bridgehead atoms. The zero-order chi connectivity index (χ0) is 12.8. The van der Waals surface area contributed by atoms with Gasteiger partial charge in [0.05, 0.1) is 6.54 Å². The predicted octanol–water partition coefficient (Wildman–Crippen LogP) is 3.32. The molecule has 0 N–H and O–H groups in total. The summed E-state index contributed by atoms with van der Waals surface area (Å²) in [5.74, 6) is 0.202. The van der Waals surface area contributed by atoms with Gasteiger partial charge in [-0.2, -0.15) is 0 Å². The van der Waals surface area contributed by atoms with Crippen LogP contribution in [0.3, 0.4) is 0 Å². The van der Waals surface area contributed by atoms with E-state index >= 15 is 0 Å². The van der Waals surface area contributed by atoms with Crippen molar-refractivity contribution in [3.05, 3.63) is 29.8 Å². The SMILES string of the molecule is CCN(CC(=O)c1ccc(SC)cc1)C(C)C. The molecule has 17 heavy (non-hydrogen) atoms. The van der Waals surface area contributed by atoms with E-state index in [2.05, 4.69) is 25.7 Å². The molecule has 0 aliphatic rings. The fourth-order valence-electron chi connectivity index (χ4n) is 1.71. The van der Waals surface area contributed by atoms with E-state index in [0.717, 1.165) is 12.1 Å². The molecular formula is C14H21NOS. The molecular weight excluding hydrogens is 230 g/mol. The first-order valence-electron chi connectivity index (χ1n) is 5.99. The van der Waals surface area contributed by atoms with E-state index in [1.54, 1.807) is 11.8 Å². The quantitative estimate of drug-likeness (QED) is 0.571. The number of benzene rings is 1. The molecule has 1 aromatic carbocycles. The Morgan fingerprint density at radius 2 is 1.88 bits per heavy atom. The number of carbonyl (C=O) groups is 1. The minimum absolute atomic E-state index is 0.202. The van der Waals surface area contributed by atoms with Crippen LogP contribution >= 0.6 is 11.8 Å². The average molecular weight is 251 g/mol. The topological polar surface area (TPSA) is 20.3 Å². The molecule has 0 atom stereocenters. The zero-order valence-electron chi connectivity index (χ0n) is 11.1. The third-order valence-corrected chi connectivity index (χ3v) is 3.64. The lowest BCUT2D eigenvalue weighted by Gasteiger charge is -2.23. The van der Waals surface area contributed by atoms with Crippen LogP contribution in [0.2, 0.25) is 0 Å². The van der Waals surface area contributed by atoms with Gasteiger partial charge in [0.1, 0.15) is 0 Å². The van der Waals surface area contributed by atoms with Crippen LogP contribution in [0.4, 0.5) is 0 Å². The standard InChI is InChI=1S/C14H21NOS/c1-5-15(11(2)3)10-14(16)12-6-8-13(17-4)9-7-12/h6-9,11H,5,10H2,1-4H3. The Morgan fingerprint density at radius 3 is 2.29 bits per heavy atom. The lowest BCUT2D eigenvalue weighted by Crippen LogP contribution is -2.35. The number of ketones is 1. The summed E-state index contributed by atoms with van der Waals surface area (Å²) >= 11 is 1.69. The molecule has 0 saturated heterocycles. The minimum Gasteiger partial charge on any atom is -0.294 e. The van der Waals surface area contributed by atoms with Gasteiger partial charge in [-0.15, -0.1) is 11.8 Å². The summed E-state index contributed by atoms with van der Waals surface area (Å²) in [6.45, 7) is 7.74. The molecule has 2 nitrogen and oxygen atoms in total. The molecule has 3 heteroatoms. The van der Waals surface area contributed by atoms with Crippen LogP contribution in [0.1, 0.15) is 31.1 Å². The number of hydrogen-bond acceptors (Lipinski definition) is 3. The van der Waals surface area contributed by atoms with E-state index in [0.29, 0.717) is 12.6 Å². The van der Waals surface area contributed by atoms with E-state index in [9.17, 15) is 4.79 Å². The first-order chi connectivity index (χ1) is 8.08. The second kappa shape index (κ2) is 6.82. The molecule has 0 radical (unpaired) electrons. The molecule has 1 aromatic rings. The predicted molar refractivity (Wildman–Crippen MR) is 74.9 cm³/mol. The van der Waals surface area contributed by atoms with Crippen LogP contribution in [0.5, 0.6) is 0 Å². The second-order valence-corrected chi connectivity index (χ2v) is 5.19. The molecule has 0 aliphatic carbocycles. The average Bonchev–Trinajstić information content (AvgIpc) is 2.35. The van der Waals surface area contributed by atoms with E-state index in [1.165, 1.54) is 4.90 Å². The molecule has 0 aliphatic heterocycles. The summed E-state index contributed by atoms with van der Waals surface area (Å²) in [7, 11) is 0. The van der Waals surface area contributed by atoms with Crippen molar-refractivity contribution in [1.29, 1.82) is 0 Å². The number of rotatable bonds is 6. The maximum Gasteiger partial charge on any atom is 0.176 e. The number of carbonyl (C=O) groups excluding carboxylic acids is 1. The molecule has 0 fully saturated rings. The van der Waals surface area contributed by atoms with E-state index in [4.69, 9.17) is 0 Å². The van der Waals surface area contributed by atoms with Crippen LogP contribution < -0.4 is 0 Å². The normalized spacial score (nSPS) is 11.2. The van der Waals surface area contributed by atoms with Crippen molar-refractivity contribution in [3.8, 4) is 0 Å². The summed E-state index contributed by atoms with van der Waals surface area (Å²) in [6.07, 6.45) is 2.04. The van der Waals surface area contributed by atoms with Gasteiger partial charge in [0, 0.05) is 16.5 Å². The van der Waals surface area contributed by atoms with Crippen molar-refractivity contribution in [2.45, 2.75) is 31.7 Å². The van der Waals surface area contributed by atoms with Gasteiger partial charge in [-0.1, -0.05) is 19.1 Å². The van der Waals surface area contributed by atoms with Gasteiger partial charge in [-0.05, 0) is 38.8 Å². The second-order valence-electron chi connectivity index (χ2n) is 4.31. The van der Waals surface area contributed by atoms with E-state index in [-0.39, 0.29) is 5.78 Å². The smallest absolute Gasteiger partial charge is 0.176 e. The van der Waals surface area contributed by atoms with Crippen molar-refractivity contribution >= 4 is 17.5 Å². The number of nitrogens with zero attached hydrogens (tertiary/aromatic N) is 1. The van der Waals surface area contributed by atoms with Gasteiger partial charge in [0.25, 0.3) is 0 Å². The van der Waals surface area contributed by atoms with E-state index < -0.39 is 0 Å². The Balaban J connectivity index is 2.68. The maximum atomic E-state index is 12.1. The fraction of sp³-hybridized carbons (Fsp3) is 0.500. The van der Waals surface area contributed by atoms with Gasteiger partial charge < -0.3 is 0 Å². The van der Waals surface area contributed by atoms with Crippen molar-refractivity contribution in [1.82, 2.24) is 4.90 Å². The highest BCUT2D eigenvalue weighted by atomic mass is 32.2. The molecule has 94 valence electrons.